The van der Waals surface area contributed by atoms with Crippen molar-refractivity contribution >= 4 is 27.5 Å². The number of piperidine rings is 1. The molecule has 2 fully saturated rings. The molecular weight excluding hydrogens is 416 g/mol. The first kappa shape index (κ1) is 21.5. The number of hydrogen-bond acceptors (Lipinski definition) is 5. The molecule has 2 saturated heterocycles. The van der Waals surface area contributed by atoms with Crippen LogP contribution in [0.3, 0.4) is 0 Å². The van der Waals surface area contributed by atoms with Crippen LogP contribution in [-0.4, -0.2) is 59.5 Å². The Morgan fingerprint density at radius 2 is 1.97 bits per heavy atom. The van der Waals surface area contributed by atoms with Gasteiger partial charge < -0.3 is 10.2 Å². The number of anilines is 1. The zero-order valence-corrected chi connectivity index (χ0v) is 18.5. The van der Waals surface area contributed by atoms with E-state index in [9.17, 15) is 18.0 Å². The Hall–Kier alpha value is -2.68. The van der Waals surface area contributed by atoms with Gasteiger partial charge in [-0.15, -0.1) is 0 Å². The molecule has 3 heterocycles. The van der Waals surface area contributed by atoms with Gasteiger partial charge in [0.1, 0.15) is 5.82 Å². The van der Waals surface area contributed by atoms with Gasteiger partial charge in [-0.1, -0.05) is 30.3 Å². The molecule has 0 aliphatic carbocycles. The highest BCUT2D eigenvalue weighted by Crippen LogP contribution is 2.28. The topological polar surface area (TPSA) is 101 Å². The van der Waals surface area contributed by atoms with E-state index in [1.165, 1.54) is 0 Å². The Kier molecular flexibility index (Phi) is 6.13. The molecule has 2 aliphatic rings. The third kappa shape index (κ3) is 5.15. The van der Waals surface area contributed by atoms with Gasteiger partial charge in [0.25, 0.3) is 0 Å². The predicted molar refractivity (Wildman–Crippen MR) is 117 cm³/mol. The molecule has 0 bridgehead atoms. The van der Waals surface area contributed by atoms with Crippen LogP contribution < -0.4 is 5.32 Å². The molecule has 31 heavy (non-hydrogen) atoms. The molecule has 1 aromatic heterocycles. The van der Waals surface area contributed by atoms with Crippen LogP contribution in [0, 0.1) is 12.8 Å². The Bertz CT molecular complexity index is 1060. The van der Waals surface area contributed by atoms with Crippen molar-refractivity contribution < 1.29 is 18.0 Å². The average Bonchev–Trinajstić information content (AvgIpc) is 3.30. The maximum absolute atomic E-state index is 13.0. The standard InChI is InChI=1S/C22H28N4O4S/c1-16-12-20(26(24-16)19-9-11-31(29,30)15-19)23-22(28)18-8-5-10-25(14-18)21(27)13-17-6-3-2-4-7-17/h2-4,6-7,12,18-19H,5,8-11,13-15H2,1H3,(H,23,28). The minimum Gasteiger partial charge on any atom is -0.342 e. The largest absolute Gasteiger partial charge is 0.342 e. The number of hydrogen-bond donors (Lipinski definition) is 1. The molecule has 0 saturated carbocycles. The van der Waals surface area contributed by atoms with Crippen molar-refractivity contribution in [1.29, 1.82) is 0 Å². The van der Waals surface area contributed by atoms with Crippen LogP contribution in [0.2, 0.25) is 0 Å². The second-order valence-corrected chi connectivity index (χ2v) is 10.7. The third-order valence-electron chi connectivity index (χ3n) is 6.01. The molecule has 0 spiro atoms. The van der Waals surface area contributed by atoms with E-state index in [0.717, 1.165) is 17.7 Å². The summed E-state index contributed by atoms with van der Waals surface area (Å²) in [5.41, 5.74) is 1.69. The summed E-state index contributed by atoms with van der Waals surface area (Å²) in [6, 6.07) is 11.1. The van der Waals surface area contributed by atoms with Gasteiger partial charge in [0.05, 0.1) is 35.6 Å². The van der Waals surface area contributed by atoms with E-state index < -0.39 is 9.84 Å². The first-order chi connectivity index (χ1) is 14.8. The van der Waals surface area contributed by atoms with Crippen molar-refractivity contribution in [3.63, 3.8) is 0 Å². The molecule has 1 N–H and O–H groups in total. The SMILES string of the molecule is Cc1cc(NC(=O)C2CCCN(C(=O)Cc3ccccc3)C2)n(C2CCS(=O)(=O)C2)n1. The molecule has 2 atom stereocenters. The highest BCUT2D eigenvalue weighted by atomic mass is 32.2. The maximum atomic E-state index is 13.0. The van der Waals surface area contributed by atoms with E-state index in [4.69, 9.17) is 0 Å². The summed E-state index contributed by atoms with van der Waals surface area (Å²) in [7, 11) is -3.06. The molecule has 8 nitrogen and oxygen atoms in total. The van der Waals surface area contributed by atoms with Crippen LogP contribution in [0.15, 0.2) is 36.4 Å². The molecule has 2 unspecified atom stereocenters. The number of carbonyl (C=O) groups is 2. The van der Waals surface area contributed by atoms with Gasteiger partial charge >= 0.3 is 0 Å². The second-order valence-electron chi connectivity index (χ2n) is 8.50. The van der Waals surface area contributed by atoms with Gasteiger partial charge in [-0.05, 0) is 31.7 Å². The predicted octanol–water partition coefficient (Wildman–Crippen LogP) is 1.97. The molecule has 0 radical (unpaired) electrons. The van der Waals surface area contributed by atoms with E-state index in [-0.39, 0.29) is 35.3 Å². The van der Waals surface area contributed by atoms with Crippen LogP contribution in [-0.2, 0) is 25.8 Å². The van der Waals surface area contributed by atoms with Gasteiger partial charge in [-0.2, -0.15) is 5.10 Å². The number of likely N-dealkylation sites (tertiary alicyclic amines) is 1. The fraction of sp³-hybridized carbons (Fsp3) is 0.500. The Morgan fingerprint density at radius 1 is 1.19 bits per heavy atom. The zero-order valence-electron chi connectivity index (χ0n) is 17.7. The average molecular weight is 445 g/mol. The summed E-state index contributed by atoms with van der Waals surface area (Å²) < 4.78 is 25.4. The van der Waals surface area contributed by atoms with Gasteiger partial charge in [0.2, 0.25) is 11.8 Å². The van der Waals surface area contributed by atoms with Crippen LogP contribution in [0.4, 0.5) is 5.82 Å². The fourth-order valence-electron chi connectivity index (χ4n) is 4.38. The number of benzene rings is 1. The van der Waals surface area contributed by atoms with E-state index in [2.05, 4.69) is 10.4 Å². The molecule has 1 aromatic carbocycles. The maximum Gasteiger partial charge on any atom is 0.230 e. The number of sulfone groups is 1. The summed E-state index contributed by atoms with van der Waals surface area (Å²) in [4.78, 5) is 27.5. The van der Waals surface area contributed by atoms with Crippen molar-refractivity contribution in [3.05, 3.63) is 47.7 Å². The monoisotopic (exact) mass is 444 g/mol. The molecular formula is C22H28N4O4S. The number of nitrogens with zero attached hydrogens (tertiary/aromatic N) is 3. The smallest absolute Gasteiger partial charge is 0.230 e. The lowest BCUT2D eigenvalue weighted by atomic mass is 9.96. The van der Waals surface area contributed by atoms with Gasteiger partial charge in [0, 0.05) is 19.2 Å². The molecule has 2 aliphatic heterocycles. The minimum absolute atomic E-state index is 0.0285. The van der Waals surface area contributed by atoms with Crippen LogP contribution >= 0.6 is 0 Å². The Labute approximate surface area is 182 Å². The third-order valence-corrected chi connectivity index (χ3v) is 7.76. The van der Waals surface area contributed by atoms with E-state index in [1.807, 2.05) is 37.3 Å². The van der Waals surface area contributed by atoms with Crippen molar-refractivity contribution in [2.24, 2.45) is 5.92 Å². The summed E-state index contributed by atoms with van der Waals surface area (Å²) in [6.07, 6.45) is 2.32. The van der Waals surface area contributed by atoms with E-state index in [0.29, 0.717) is 38.2 Å². The van der Waals surface area contributed by atoms with Gasteiger partial charge in [-0.3, -0.25) is 9.59 Å². The molecule has 9 heteroatoms. The van der Waals surface area contributed by atoms with Gasteiger partial charge in [-0.25, -0.2) is 13.1 Å². The first-order valence-electron chi connectivity index (χ1n) is 10.7. The number of rotatable bonds is 5. The first-order valence-corrected chi connectivity index (χ1v) is 12.5. The fourth-order valence-corrected chi connectivity index (χ4v) is 6.08. The normalized spacial score (nSPS) is 22.9. The van der Waals surface area contributed by atoms with Crippen molar-refractivity contribution in [2.45, 2.75) is 38.6 Å². The van der Waals surface area contributed by atoms with Crippen molar-refractivity contribution in [1.82, 2.24) is 14.7 Å². The highest BCUT2D eigenvalue weighted by molar-refractivity contribution is 7.91. The summed E-state index contributed by atoms with van der Waals surface area (Å²) in [5, 5.41) is 7.36. The van der Waals surface area contributed by atoms with Crippen LogP contribution in [0.1, 0.15) is 36.6 Å². The summed E-state index contributed by atoms with van der Waals surface area (Å²) in [6.45, 7) is 2.87. The number of carbonyl (C=O) groups excluding carboxylic acids is 2. The number of amides is 2. The zero-order chi connectivity index (χ0) is 22.0. The minimum atomic E-state index is -3.06. The molecule has 2 amide bonds. The molecule has 4 rings (SSSR count). The van der Waals surface area contributed by atoms with Crippen LogP contribution in [0.25, 0.3) is 0 Å². The van der Waals surface area contributed by atoms with Crippen LogP contribution in [0.5, 0.6) is 0 Å². The lowest BCUT2D eigenvalue weighted by molar-refractivity contribution is -0.133. The molecule has 2 aromatic rings. The number of aryl methyl sites for hydroxylation is 1. The summed E-state index contributed by atoms with van der Waals surface area (Å²) in [5.74, 6) is 0.287. The van der Waals surface area contributed by atoms with E-state index in [1.54, 1.807) is 15.6 Å². The quantitative estimate of drug-likeness (QED) is 0.760. The lowest BCUT2D eigenvalue weighted by Crippen LogP contribution is -2.44. The highest BCUT2D eigenvalue weighted by Gasteiger charge is 2.33. The Morgan fingerprint density at radius 3 is 2.68 bits per heavy atom. The number of nitrogens with one attached hydrogen (secondary N) is 1. The second kappa shape index (κ2) is 8.82. The number of aromatic nitrogens is 2. The summed E-state index contributed by atoms with van der Waals surface area (Å²) >= 11 is 0. The Balaban J connectivity index is 1.40. The van der Waals surface area contributed by atoms with Gasteiger partial charge in [0.15, 0.2) is 9.84 Å². The van der Waals surface area contributed by atoms with Crippen molar-refractivity contribution in [2.75, 3.05) is 29.9 Å². The lowest BCUT2D eigenvalue weighted by Gasteiger charge is -2.32. The van der Waals surface area contributed by atoms with E-state index >= 15 is 0 Å². The van der Waals surface area contributed by atoms with Crippen molar-refractivity contribution in [3.8, 4) is 0 Å². The molecule has 166 valence electrons.